The number of rotatable bonds is 4. The van der Waals surface area contributed by atoms with E-state index >= 15 is 0 Å². The minimum absolute atomic E-state index is 0.000353. The van der Waals surface area contributed by atoms with Crippen LogP contribution in [-0.4, -0.2) is 34.2 Å². The Labute approximate surface area is 123 Å². The molecule has 1 aliphatic heterocycles. The number of hydrogen-bond acceptors (Lipinski definition) is 4. The average Bonchev–Trinajstić information content (AvgIpc) is 3.04. The number of likely N-dealkylation sites (tertiary alicyclic amines) is 1. The zero-order chi connectivity index (χ0) is 14.8. The molecule has 1 saturated heterocycles. The molecular formula is C16H18N2O3. The van der Waals surface area contributed by atoms with Gasteiger partial charge in [0.2, 0.25) is 5.91 Å². The fourth-order valence-corrected chi connectivity index (χ4v) is 2.95. The van der Waals surface area contributed by atoms with Crippen molar-refractivity contribution in [3.05, 3.63) is 53.4 Å². The molecule has 2 aromatic rings. The third-order valence-corrected chi connectivity index (χ3v) is 3.93. The predicted molar refractivity (Wildman–Crippen MR) is 76.4 cm³/mol. The molecule has 1 amide bonds. The Morgan fingerprint density at radius 3 is 2.76 bits per heavy atom. The second-order valence-electron chi connectivity index (χ2n) is 5.48. The molecule has 1 fully saturated rings. The van der Waals surface area contributed by atoms with Gasteiger partial charge in [0.1, 0.15) is 11.5 Å². The summed E-state index contributed by atoms with van der Waals surface area (Å²) in [7, 11) is 0. The van der Waals surface area contributed by atoms with E-state index in [0.29, 0.717) is 13.1 Å². The number of carbonyl (C=O) groups excluding carboxylic acids is 1. The summed E-state index contributed by atoms with van der Waals surface area (Å²) in [6.45, 7) is 2.79. The van der Waals surface area contributed by atoms with E-state index in [1.54, 1.807) is 4.90 Å². The van der Waals surface area contributed by atoms with Crippen molar-refractivity contribution in [1.29, 1.82) is 0 Å². The number of amides is 1. The number of aromatic nitrogens is 1. The number of carbonyl (C=O) groups is 1. The first kappa shape index (κ1) is 13.8. The standard InChI is InChI=1S/C16H18N2O3/c1-11-7-14(17-21-11)9-18-8-13(10-19)15(16(18)20)12-5-3-2-4-6-12/h2-7,13,15,19H,8-10H2,1H3/t13-,15-/m1/s1. The van der Waals surface area contributed by atoms with Crippen LogP contribution < -0.4 is 0 Å². The van der Waals surface area contributed by atoms with Gasteiger partial charge in [-0.3, -0.25) is 4.79 Å². The molecule has 0 radical (unpaired) electrons. The van der Waals surface area contributed by atoms with Gasteiger partial charge in [0.15, 0.2) is 0 Å². The summed E-state index contributed by atoms with van der Waals surface area (Å²) >= 11 is 0. The molecule has 0 spiro atoms. The molecule has 1 N–H and O–H groups in total. The van der Waals surface area contributed by atoms with E-state index in [0.717, 1.165) is 17.0 Å². The van der Waals surface area contributed by atoms with Crippen molar-refractivity contribution >= 4 is 5.91 Å². The largest absolute Gasteiger partial charge is 0.396 e. The SMILES string of the molecule is Cc1cc(CN2C[C@H](CO)[C@@H](c3ccccc3)C2=O)no1. The van der Waals surface area contributed by atoms with E-state index in [9.17, 15) is 9.90 Å². The van der Waals surface area contributed by atoms with Gasteiger partial charge in [0.25, 0.3) is 0 Å². The molecule has 5 nitrogen and oxygen atoms in total. The van der Waals surface area contributed by atoms with E-state index in [1.807, 2.05) is 43.3 Å². The van der Waals surface area contributed by atoms with Crippen LogP contribution in [0.2, 0.25) is 0 Å². The normalized spacial score (nSPS) is 22.0. The lowest BCUT2D eigenvalue weighted by Gasteiger charge is -2.15. The minimum atomic E-state index is -0.274. The fraction of sp³-hybridized carbons (Fsp3) is 0.375. The third kappa shape index (κ3) is 2.69. The van der Waals surface area contributed by atoms with Gasteiger partial charge in [-0.25, -0.2) is 0 Å². The molecule has 2 heterocycles. The molecule has 1 aromatic heterocycles. The smallest absolute Gasteiger partial charge is 0.230 e. The van der Waals surface area contributed by atoms with Crippen molar-refractivity contribution < 1.29 is 14.4 Å². The zero-order valence-electron chi connectivity index (χ0n) is 11.9. The van der Waals surface area contributed by atoms with Gasteiger partial charge in [-0.05, 0) is 12.5 Å². The van der Waals surface area contributed by atoms with Crippen LogP contribution in [0.5, 0.6) is 0 Å². The van der Waals surface area contributed by atoms with Crippen LogP contribution in [0.15, 0.2) is 40.9 Å². The Bertz CT molecular complexity index is 623. The Morgan fingerprint density at radius 2 is 2.14 bits per heavy atom. The molecule has 0 saturated carbocycles. The molecule has 0 aliphatic carbocycles. The maximum atomic E-state index is 12.6. The third-order valence-electron chi connectivity index (χ3n) is 3.93. The van der Waals surface area contributed by atoms with E-state index < -0.39 is 0 Å². The van der Waals surface area contributed by atoms with Crippen LogP contribution in [0.25, 0.3) is 0 Å². The van der Waals surface area contributed by atoms with Crippen LogP contribution in [0.1, 0.15) is 22.9 Å². The lowest BCUT2D eigenvalue weighted by Crippen LogP contribution is -2.26. The van der Waals surface area contributed by atoms with Gasteiger partial charge < -0.3 is 14.5 Å². The van der Waals surface area contributed by atoms with Crippen LogP contribution in [0, 0.1) is 12.8 Å². The molecule has 2 atom stereocenters. The van der Waals surface area contributed by atoms with Crippen molar-refractivity contribution in [2.45, 2.75) is 19.4 Å². The second kappa shape index (κ2) is 5.69. The number of aliphatic hydroxyl groups excluding tert-OH is 1. The van der Waals surface area contributed by atoms with Crippen LogP contribution in [0.4, 0.5) is 0 Å². The molecular weight excluding hydrogens is 268 g/mol. The van der Waals surface area contributed by atoms with Gasteiger partial charge in [-0.15, -0.1) is 0 Å². The van der Waals surface area contributed by atoms with Crippen molar-refractivity contribution in [3.63, 3.8) is 0 Å². The topological polar surface area (TPSA) is 66.6 Å². The minimum Gasteiger partial charge on any atom is -0.396 e. The maximum absolute atomic E-state index is 12.6. The van der Waals surface area contributed by atoms with Crippen LogP contribution in [0.3, 0.4) is 0 Å². The first-order chi connectivity index (χ1) is 10.2. The highest BCUT2D eigenvalue weighted by molar-refractivity contribution is 5.86. The number of nitrogens with zero attached hydrogens (tertiary/aromatic N) is 2. The van der Waals surface area contributed by atoms with Gasteiger partial charge in [0, 0.05) is 25.1 Å². The van der Waals surface area contributed by atoms with Crippen molar-refractivity contribution in [1.82, 2.24) is 10.1 Å². The molecule has 0 unspecified atom stereocenters. The molecule has 5 heteroatoms. The first-order valence-electron chi connectivity index (χ1n) is 7.06. The molecule has 0 bridgehead atoms. The number of benzene rings is 1. The molecule has 110 valence electrons. The molecule has 3 rings (SSSR count). The molecule has 1 aliphatic rings. The average molecular weight is 286 g/mol. The Hall–Kier alpha value is -2.14. The first-order valence-corrected chi connectivity index (χ1v) is 7.06. The monoisotopic (exact) mass is 286 g/mol. The lowest BCUT2D eigenvalue weighted by atomic mass is 9.89. The van der Waals surface area contributed by atoms with E-state index in [-0.39, 0.29) is 24.3 Å². The number of hydrogen-bond donors (Lipinski definition) is 1. The van der Waals surface area contributed by atoms with E-state index in [4.69, 9.17) is 4.52 Å². The van der Waals surface area contributed by atoms with Crippen molar-refractivity contribution in [2.75, 3.05) is 13.2 Å². The van der Waals surface area contributed by atoms with Gasteiger partial charge >= 0.3 is 0 Å². The highest BCUT2D eigenvalue weighted by atomic mass is 16.5. The summed E-state index contributed by atoms with van der Waals surface area (Å²) in [6, 6.07) is 11.5. The second-order valence-corrected chi connectivity index (χ2v) is 5.48. The van der Waals surface area contributed by atoms with Crippen molar-refractivity contribution in [2.24, 2.45) is 5.92 Å². The number of aryl methyl sites for hydroxylation is 1. The summed E-state index contributed by atoms with van der Waals surface area (Å²) < 4.78 is 5.04. The summed E-state index contributed by atoms with van der Waals surface area (Å²) in [4.78, 5) is 14.4. The highest BCUT2D eigenvalue weighted by Gasteiger charge is 2.40. The lowest BCUT2D eigenvalue weighted by molar-refractivity contribution is -0.129. The summed E-state index contributed by atoms with van der Waals surface area (Å²) in [5.41, 5.74) is 1.70. The Balaban J connectivity index is 1.81. The molecule has 21 heavy (non-hydrogen) atoms. The quantitative estimate of drug-likeness (QED) is 0.929. The number of aliphatic hydroxyl groups is 1. The summed E-state index contributed by atoms with van der Waals surface area (Å²) in [5, 5.41) is 13.5. The van der Waals surface area contributed by atoms with Gasteiger partial charge in [-0.1, -0.05) is 35.5 Å². The van der Waals surface area contributed by atoms with E-state index in [1.165, 1.54) is 0 Å². The van der Waals surface area contributed by atoms with Crippen LogP contribution >= 0.6 is 0 Å². The predicted octanol–water partition coefficient (Wildman–Crippen LogP) is 1.72. The van der Waals surface area contributed by atoms with Gasteiger partial charge in [0.05, 0.1) is 12.5 Å². The fourth-order valence-electron chi connectivity index (χ4n) is 2.95. The zero-order valence-corrected chi connectivity index (χ0v) is 11.9. The summed E-state index contributed by atoms with van der Waals surface area (Å²) in [6.07, 6.45) is 0. The summed E-state index contributed by atoms with van der Waals surface area (Å²) in [5.74, 6) is 0.424. The maximum Gasteiger partial charge on any atom is 0.230 e. The van der Waals surface area contributed by atoms with E-state index in [2.05, 4.69) is 5.16 Å². The van der Waals surface area contributed by atoms with Crippen LogP contribution in [-0.2, 0) is 11.3 Å². The molecule has 1 aromatic carbocycles. The Morgan fingerprint density at radius 1 is 1.38 bits per heavy atom. The van der Waals surface area contributed by atoms with Crippen molar-refractivity contribution in [3.8, 4) is 0 Å². The Kier molecular flexibility index (Phi) is 3.75. The highest BCUT2D eigenvalue weighted by Crippen LogP contribution is 2.34. The van der Waals surface area contributed by atoms with Gasteiger partial charge in [-0.2, -0.15) is 0 Å².